The molecule has 1 aliphatic heterocycles. The first kappa shape index (κ1) is 17.3. The van der Waals surface area contributed by atoms with Gasteiger partial charge in [0, 0.05) is 11.4 Å². The third-order valence-corrected chi connectivity index (χ3v) is 5.87. The number of hydrogen-bond acceptors (Lipinski definition) is 4. The molecule has 0 aromatic heterocycles. The summed E-state index contributed by atoms with van der Waals surface area (Å²) in [5, 5.41) is 2.90. The quantitative estimate of drug-likeness (QED) is 0.835. The van der Waals surface area contributed by atoms with E-state index in [0.29, 0.717) is 13.0 Å². The van der Waals surface area contributed by atoms with E-state index in [1.807, 2.05) is 24.3 Å². The van der Waals surface area contributed by atoms with E-state index in [4.69, 9.17) is 0 Å². The van der Waals surface area contributed by atoms with Crippen molar-refractivity contribution in [1.82, 2.24) is 4.31 Å². The van der Waals surface area contributed by atoms with Gasteiger partial charge >= 0.3 is 0 Å². The Hall–Kier alpha value is -1.05. The van der Waals surface area contributed by atoms with Crippen molar-refractivity contribution in [3.8, 4) is 0 Å². The molecule has 22 heavy (non-hydrogen) atoms. The average Bonchev–Trinajstić information content (AvgIpc) is 2.48. The van der Waals surface area contributed by atoms with Crippen molar-refractivity contribution in [2.45, 2.75) is 37.1 Å². The molecule has 1 heterocycles. The molecular weight excluding hydrogens is 320 g/mol. The Morgan fingerprint density at radius 3 is 2.77 bits per heavy atom. The van der Waals surface area contributed by atoms with Crippen LogP contribution >= 0.6 is 11.8 Å². The monoisotopic (exact) mass is 342 g/mol. The molecule has 0 aliphatic carbocycles. The maximum Gasteiger partial charge on any atom is 0.242 e. The van der Waals surface area contributed by atoms with Gasteiger partial charge in [0.15, 0.2) is 0 Å². The summed E-state index contributed by atoms with van der Waals surface area (Å²) in [6.45, 7) is 2.47. The third kappa shape index (κ3) is 4.24. The van der Waals surface area contributed by atoms with E-state index in [2.05, 4.69) is 12.2 Å². The van der Waals surface area contributed by atoms with Gasteiger partial charge in [-0.15, -0.1) is 11.8 Å². The van der Waals surface area contributed by atoms with Crippen molar-refractivity contribution < 1.29 is 13.2 Å². The fraction of sp³-hybridized carbons (Fsp3) is 0.533. The first-order valence-corrected chi connectivity index (χ1v) is 10.3. The van der Waals surface area contributed by atoms with Crippen LogP contribution in [0.4, 0.5) is 5.69 Å². The Kier molecular flexibility index (Phi) is 5.88. The summed E-state index contributed by atoms with van der Waals surface area (Å²) < 4.78 is 25.1. The largest absolute Gasteiger partial charge is 0.324 e. The van der Waals surface area contributed by atoms with Gasteiger partial charge in [0.2, 0.25) is 15.9 Å². The van der Waals surface area contributed by atoms with Gasteiger partial charge in [0.25, 0.3) is 0 Å². The highest BCUT2D eigenvalue weighted by atomic mass is 32.2. The van der Waals surface area contributed by atoms with Gasteiger partial charge in [-0.2, -0.15) is 4.31 Å². The number of piperidine rings is 1. The minimum absolute atomic E-state index is 0.241. The summed E-state index contributed by atoms with van der Waals surface area (Å²) >= 11 is 1.65. The van der Waals surface area contributed by atoms with Crippen LogP contribution in [-0.2, 0) is 14.8 Å². The lowest BCUT2D eigenvalue weighted by Crippen LogP contribution is -2.49. The summed E-state index contributed by atoms with van der Waals surface area (Å²) in [6.07, 6.45) is 3.41. The van der Waals surface area contributed by atoms with Crippen LogP contribution in [0.15, 0.2) is 29.2 Å². The minimum atomic E-state index is -3.37. The molecule has 0 spiro atoms. The second-order valence-electron chi connectivity index (χ2n) is 5.30. The Bertz CT molecular complexity index is 631. The van der Waals surface area contributed by atoms with Crippen molar-refractivity contribution >= 4 is 33.4 Å². The van der Waals surface area contributed by atoms with E-state index in [-0.39, 0.29) is 5.91 Å². The lowest BCUT2D eigenvalue weighted by molar-refractivity contribution is -0.120. The second kappa shape index (κ2) is 7.48. The predicted octanol–water partition coefficient (Wildman–Crippen LogP) is 2.55. The molecule has 122 valence electrons. The molecule has 1 aliphatic rings. The number of sulfonamides is 1. The molecule has 0 unspecified atom stereocenters. The van der Waals surface area contributed by atoms with Gasteiger partial charge in [-0.3, -0.25) is 4.79 Å². The zero-order valence-electron chi connectivity index (χ0n) is 12.9. The van der Waals surface area contributed by atoms with E-state index in [1.165, 1.54) is 10.6 Å². The number of benzene rings is 1. The summed E-state index contributed by atoms with van der Waals surface area (Å²) in [5.41, 5.74) is 0.748. The van der Waals surface area contributed by atoms with Crippen LogP contribution in [0.25, 0.3) is 0 Å². The molecule has 1 aromatic rings. The number of carbonyl (C=O) groups is 1. The molecule has 0 radical (unpaired) electrons. The molecular formula is C15H22N2O3S2. The molecule has 1 aromatic carbocycles. The standard InChI is InChI=1S/C15H22N2O3S2/c1-3-21-14-10-5-4-8-12(14)16-15(18)13-9-6-7-11-17(13)22(2,19)20/h4-5,8,10,13H,3,6-7,9,11H2,1-2H3,(H,16,18)/t13-/m1/s1. The number of nitrogens with one attached hydrogen (secondary N) is 1. The summed E-state index contributed by atoms with van der Waals surface area (Å²) in [5.74, 6) is 0.667. The van der Waals surface area contributed by atoms with Crippen LogP contribution in [0.2, 0.25) is 0 Å². The van der Waals surface area contributed by atoms with Crippen molar-refractivity contribution in [2.24, 2.45) is 0 Å². The highest BCUT2D eigenvalue weighted by Crippen LogP contribution is 2.28. The van der Waals surface area contributed by atoms with Gasteiger partial charge in [-0.05, 0) is 30.7 Å². The van der Waals surface area contributed by atoms with Crippen molar-refractivity contribution in [3.63, 3.8) is 0 Å². The number of nitrogens with zero attached hydrogens (tertiary/aromatic N) is 1. The van der Waals surface area contributed by atoms with Crippen molar-refractivity contribution in [1.29, 1.82) is 0 Å². The second-order valence-corrected chi connectivity index (χ2v) is 8.54. The van der Waals surface area contributed by atoms with Gasteiger partial charge in [-0.25, -0.2) is 8.42 Å². The maximum atomic E-state index is 12.6. The highest BCUT2D eigenvalue weighted by Gasteiger charge is 2.34. The highest BCUT2D eigenvalue weighted by molar-refractivity contribution is 7.99. The van der Waals surface area contributed by atoms with Crippen molar-refractivity contribution in [2.75, 3.05) is 23.9 Å². The molecule has 1 N–H and O–H groups in total. The predicted molar refractivity (Wildman–Crippen MR) is 90.7 cm³/mol. The first-order valence-electron chi connectivity index (χ1n) is 7.43. The topological polar surface area (TPSA) is 66.5 Å². The SMILES string of the molecule is CCSc1ccccc1NC(=O)[C@H]1CCCCN1S(C)(=O)=O. The van der Waals surface area contributed by atoms with E-state index < -0.39 is 16.1 Å². The number of rotatable bonds is 5. The van der Waals surface area contributed by atoms with Gasteiger partial charge in [-0.1, -0.05) is 25.5 Å². The molecule has 1 atom stereocenters. The Balaban J connectivity index is 2.17. The number of carbonyl (C=O) groups excluding carboxylic acids is 1. The summed E-state index contributed by atoms with van der Waals surface area (Å²) in [7, 11) is -3.37. The Labute approximate surface area is 136 Å². The number of thioether (sulfide) groups is 1. The fourth-order valence-corrected chi connectivity index (χ4v) is 4.52. The normalized spacial score (nSPS) is 19.8. The average molecular weight is 342 g/mol. The zero-order valence-corrected chi connectivity index (χ0v) is 14.5. The number of amides is 1. The van der Waals surface area contributed by atoms with E-state index in [0.717, 1.165) is 29.2 Å². The van der Waals surface area contributed by atoms with E-state index in [9.17, 15) is 13.2 Å². The molecule has 0 bridgehead atoms. The van der Waals surface area contributed by atoms with Crippen molar-refractivity contribution in [3.05, 3.63) is 24.3 Å². The summed E-state index contributed by atoms with van der Waals surface area (Å²) in [6, 6.07) is 6.99. The third-order valence-electron chi connectivity index (χ3n) is 3.63. The number of anilines is 1. The van der Waals surface area contributed by atoms with E-state index in [1.54, 1.807) is 11.8 Å². The molecule has 1 fully saturated rings. The molecule has 5 nitrogen and oxygen atoms in total. The lowest BCUT2D eigenvalue weighted by atomic mass is 10.0. The van der Waals surface area contributed by atoms with Gasteiger partial charge in [0.1, 0.15) is 6.04 Å². The lowest BCUT2D eigenvalue weighted by Gasteiger charge is -2.32. The van der Waals surface area contributed by atoms with Gasteiger partial charge in [0.05, 0.1) is 11.9 Å². The van der Waals surface area contributed by atoms with Crippen LogP contribution in [0.5, 0.6) is 0 Å². The molecule has 1 saturated heterocycles. The van der Waals surface area contributed by atoms with Crippen LogP contribution in [0.3, 0.4) is 0 Å². The number of hydrogen-bond donors (Lipinski definition) is 1. The molecule has 2 rings (SSSR count). The zero-order chi connectivity index (χ0) is 16.2. The van der Waals surface area contributed by atoms with Crippen LogP contribution in [0.1, 0.15) is 26.2 Å². The molecule has 1 amide bonds. The van der Waals surface area contributed by atoms with Crippen LogP contribution in [0, 0.1) is 0 Å². The molecule has 0 saturated carbocycles. The van der Waals surface area contributed by atoms with Crippen LogP contribution in [-0.4, -0.2) is 43.2 Å². The minimum Gasteiger partial charge on any atom is -0.324 e. The fourth-order valence-electron chi connectivity index (χ4n) is 2.63. The first-order chi connectivity index (χ1) is 10.4. The summed E-state index contributed by atoms with van der Waals surface area (Å²) in [4.78, 5) is 13.6. The maximum absolute atomic E-state index is 12.6. The van der Waals surface area contributed by atoms with Gasteiger partial charge < -0.3 is 5.32 Å². The number of para-hydroxylation sites is 1. The van der Waals surface area contributed by atoms with Crippen LogP contribution < -0.4 is 5.32 Å². The molecule has 7 heteroatoms. The Morgan fingerprint density at radius 1 is 1.36 bits per heavy atom. The van der Waals surface area contributed by atoms with E-state index >= 15 is 0 Å². The Morgan fingerprint density at radius 2 is 2.09 bits per heavy atom. The smallest absolute Gasteiger partial charge is 0.242 e.